The molecule has 5 aromatic rings. The van der Waals surface area contributed by atoms with Gasteiger partial charge >= 0.3 is 0 Å². The molecular formula is C30H21FN2O3S. The standard InChI is InChI=1S/C30H21FN2O3S/c1-18-6-4-7-20(16-18)22-10-5-11-25-27(33-37(35,36)30(22)25)28-29(34)24-9-3-2-8-23(24)26(32-28)17-19-12-14-21(31)15-13-19/h2-16,34H,17H2,1H3. The predicted octanol–water partition coefficient (Wildman–Crippen LogP) is 6.19. The summed E-state index contributed by atoms with van der Waals surface area (Å²) in [6.45, 7) is 1.95. The highest BCUT2D eigenvalue weighted by Gasteiger charge is 2.35. The summed E-state index contributed by atoms with van der Waals surface area (Å²) in [5, 5.41) is 12.5. The average Bonchev–Trinajstić information content (AvgIpc) is 3.17. The monoisotopic (exact) mass is 508 g/mol. The first-order valence-corrected chi connectivity index (χ1v) is 13.2. The van der Waals surface area contributed by atoms with Crippen LogP contribution in [0.5, 0.6) is 5.75 Å². The Balaban J connectivity index is 1.56. The lowest BCUT2D eigenvalue weighted by atomic mass is 9.96. The van der Waals surface area contributed by atoms with E-state index in [1.165, 1.54) is 12.1 Å². The second-order valence-corrected chi connectivity index (χ2v) is 10.6. The normalized spacial score (nSPS) is 13.9. The zero-order valence-electron chi connectivity index (χ0n) is 19.8. The van der Waals surface area contributed by atoms with Gasteiger partial charge in [-0.3, -0.25) is 0 Å². The number of hydrogen-bond donors (Lipinski definition) is 1. The Kier molecular flexibility index (Phi) is 5.38. The molecule has 37 heavy (non-hydrogen) atoms. The molecule has 6 rings (SSSR count). The summed E-state index contributed by atoms with van der Waals surface area (Å²) in [6.07, 6.45) is 0.365. The van der Waals surface area contributed by atoms with E-state index in [4.69, 9.17) is 4.98 Å². The Morgan fingerprint density at radius 2 is 1.54 bits per heavy atom. The Morgan fingerprint density at radius 1 is 0.838 bits per heavy atom. The van der Waals surface area contributed by atoms with Gasteiger partial charge in [-0.05, 0) is 30.2 Å². The summed E-state index contributed by atoms with van der Waals surface area (Å²) in [5.74, 6) is -0.472. The number of benzene rings is 4. The minimum Gasteiger partial charge on any atom is -0.505 e. The van der Waals surface area contributed by atoms with E-state index in [9.17, 15) is 17.9 Å². The van der Waals surface area contributed by atoms with E-state index in [0.717, 1.165) is 22.1 Å². The second-order valence-electron chi connectivity index (χ2n) is 9.07. The average molecular weight is 509 g/mol. The number of aryl methyl sites for hydroxylation is 1. The van der Waals surface area contributed by atoms with Crippen LogP contribution in [0.4, 0.5) is 4.39 Å². The van der Waals surface area contributed by atoms with Gasteiger partial charge in [-0.1, -0.05) is 84.4 Å². The molecule has 0 amide bonds. The molecule has 0 spiro atoms. The van der Waals surface area contributed by atoms with Crippen molar-refractivity contribution in [3.63, 3.8) is 0 Å². The number of aromatic nitrogens is 1. The molecule has 0 bridgehead atoms. The van der Waals surface area contributed by atoms with Crippen molar-refractivity contribution in [2.75, 3.05) is 0 Å². The van der Waals surface area contributed by atoms with Crippen LogP contribution in [0, 0.1) is 12.7 Å². The number of pyridine rings is 1. The smallest absolute Gasteiger partial charge is 0.284 e. The lowest BCUT2D eigenvalue weighted by Gasteiger charge is -2.13. The molecule has 7 heteroatoms. The molecule has 182 valence electrons. The van der Waals surface area contributed by atoms with Crippen LogP contribution in [0.25, 0.3) is 21.9 Å². The van der Waals surface area contributed by atoms with Crippen molar-refractivity contribution < 1.29 is 17.9 Å². The van der Waals surface area contributed by atoms with Crippen molar-refractivity contribution in [1.29, 1.82) is 0 Å². The van der Waals surface area contributed by atoms with Gasteiger partial charge in [-0.15, -0.1) is 0 Å². The first-order valence-electron chi connectivity index (χ1n) is 11.7. The summed E-state index contributed by atoms with van der Waals surface area (Å²) in [7, 11) is -4.05. The molecule has 0 atom stereocenters. The number of nitrogens with zero attached hydrogens (tertiary/aromatic N) is 2. The van der Waals surface area contributed by atoms with Crippen molar-refractivity contribution in [2.24, 2.45) is 4.40 Å². The quantitative estimate of drug-likeness (QED) is 0.314. The molecule has 2 heterocycles. The van der Waals surface area contributed by atoms with Crippen molar-refractivity contribution in [1.82, 2.24) is 4.98 Å². The Bertz CT molecular complexity index is 1850. The first kappa shape index (κ1) is 23.1. The molecule has 4 aromatic carbocycles. The molecule has 0 unspecified atom stereocenters. The van der Waals surface area contributed by atoms with Gasteiger partial charge in [0.1, 0.15) is 22.1 Å². The summed E-state index contributed by atoms with van der Waals surface area (Å²) < 4.78 is 44.3. The van der Waals surface area contributed by atoms with Gasteiger partial charge in [-0.2, -0.15) is 12.8 Å². The number of sulfonamides is 1. The van der Waals surface area contributed by atoms with Crippen LogP contribution in [0.15, 0.2) is 100 Å². The van der Waals surface area contributed by atoms with Gasteiger partial charge in [0.15, 0.2) is 5.75 Å². The van der Waals surface area contributed by atoms with Crippen LogP contribution >= 0.6 is 0 Å². The van der Waals surface area contributed by atoms with Crippen LogP contribution in [-0.4, -0.2) is 24.2 Å². The van der Waals surface area contributed by atoms with Crippen molar-refractivity contribution in [3.05, 3.63) is 125 Å². The van der Waals surface area contributed by atoms with Gasteiger partial charge in [0.05, 0.1) is 5.69 Å². The van der Waals surface area contributed by atoms with Gasteiger partial charge in [0.2, 0.25) is 0 Å². The fourth-order valence-electron chi connectivity index (χ4n) is 4.84. The maximum absolute atomic E-state index is 13.5. The number of fused-ring (bicyclic) bond motifs is 2. The zero-order valence-corrected chi connectivity index (χ0v) is 20.6. The van der Waals surface area contributed by atoms with E-state index in [-0.39, 0.29) is 27.9 Å². The van der Waals surface area contributed by atoms with Crippen LogP contribution < -0.4 is 0 Å². The largest absolute Gasteiger partial charge is 0.505 e. The lowest BCUT2D eigenvalue weighted by molar-refractivity contribution is 0.477. The fourth-order valence-corrected chi connectivity index (χ4v) is 6.26. The SMILES string of the molecule is Cc1cccc(-c2cccc3c2S(=O)(=O)N=C3c2nc(Cc3ccc(F)cc3)c3ccccc3c2O)c1. The number of hydrogen-bond acceptors (Lipinski definition) is 4. The van der Waals surface area contributed by atoms with Crippen LogP contribution in [-0.2, 0) is 16.4 Å². The van der Waals surface area contributed by atoms with E-state index < -0.39 is 10.0 Å². The van der Waals surface area contributed by atoms with Gasteiger partial charge in [-0.25, -0.2) is 9.37 Å². The molecule has 0 aliphatic carbocycles. The van der Waals surface area contributed by atoms with Crippen LogP contribution in [0.2, 0.25) is 0 Å². The van der Waals surface area contributed by atoms with E-state index in [1.807, 2.05) is 43.3 Å². The van der Waals surface area contributed by atoms with Crippen molar-refractivity contribution in [2.45, 2.75) is 18.2 Å². The Hall–Kier alpha value is -4.36. The van der Waals surface area contributed by atoms with E-state index >= 15 is 0 Å². The fraction of sp³-hybridized carbons (Fsp3) is 0.0667. The van der Waals surface area contributed by atoms with Crippen LogP contribution in [0.1, 0.15) is 28.1 Å². The maximum Gasteiger partial charge on any atom is 0.284 e. The molecule has 0 saturated heterocycles. The third kappa shape index (κ3) is 3.97. The molecule has 1 aliphatic rings. The van der Waals surface area contributed by atoms with E-state index in [0.29, 0.717) is 28.6 Å². The molecule has 0 radical (unpaired) electrons. The minimum absolute atomic E-state index is 0.0968. The van der Waals surface area contributed by atoms with E-state index in [2.05, 4.69) is 4.40 Å². The minimum atomic E-state index is -4.05. The highest BCUT2D eigenvalue weighted by Crippen LogP contribution is 2.40. The van der Waals surface area contributed by atoms with Crippen molar-refractivity contribution >= 4 is 26.5 Å². The molecule has 5 nitrogen and oxygen atoms in total. The van der Waals surface area contributed by atoms with Crippen LogP contribution in [0.3, 0.4) is 0 Å². The van der Waals surface area contributed by atoms with Gasteiger partial charge in [0.25, 0.3) is 10.0 Å². The first-order chi connectivity index (χ1) is 17.8. The zero-order chi connectivity index (χ0) is 25.7. The maximum atomic E-state index is 13.5. The molecule has 1 aromatic heterocycles. The number of rotatable bonds is 4. The predicted molar refractivity (Wildman–Crippen MR) is 142 cm³/mol. The third-order valence-corrected chi connectivity index (χ3v) is 7.92. The highest BCUT2D eigenvalue weighted by molar-refractivity contribution is 7.91. The molecule has 1 aliphatic heterocycles. The number of aromatic hydroxyl groups is 1. The summed E-state index contributed by atoms with van der Waals surface area (Å²) >= 11 is 0. The van der Waals surface area contributed by atoms with Gasteiger partial charge in [0, 0.05) is 28.3 Å². The molecule has 0 saturated carbocycles. The lowest BCUT2D eigenvalue weighted by Crippen LogP contribution is -2.08. The molecule has 0 fully saturated rings. The Labute approximate surface area is 213 Å². The third-order valence-electron chi connectivity index (χ3n) is 6.54. The Morgan fingerprint density at radius 3 is 2.30 bits per heavy atom. The van der Waals surface area contributed by atoms with Crippen molar-refractivity contribution in [3.8, 4) is 16.9 Å². The molecular weight excluding hydrogens is 487 g/mol. The summed E-state index contributed by atoms with van der Waals surface area (Å²) in [6, 6.07) is 26.2. The summed E-state index contributed by atoms with van der Waals surface area (Å²) in [4.78, 5) is 4.84. The molecule has 1 N–H and O–H groups in total. The van der Waals surface area contributed by atoms with E-state index in [1.54, 1.807) is 42.5 Å². The van der Waals surface area contributed by atoms with Gasteiger partial charge < -0.3 is 5.11 Å². The highest BCUT2D eigenvalue weighted by atomic mass is 32.2. The summed E-state index contributed by atoms with van der Waals surface area (Å²) in [5.41, 5.74) is 4.37. The topological polar surface area (TPSA) is 79.6 Å². The number of halogens is 1. The second kappa shape index (κ2) is 8.64.